The maximum atomic E-state index is 12.7. The van der Waals surface area contributed by atoms with Crippen molar-refractivity contribution >= 4 is 17.3 Å². The number of benzene rings is 1. The first-order chi connectivity index (χ1) is 14.2. The molecule has 0 unspecified atom stereocenters. The molecule has 4 rings (SSSR count). The first kappa shape index (κ1) is 19.6. The van der Waals surface area contributed by atoms with Crippen molar-refractivity contribution in [1.82, 2.24) is 9.88 Å². The fraction of sp³-hybridized carbons (Fsp3) is 0.478. The standard InChI is InChI=1S/C23H30N4O2/c1-29-21-9-6-19(7-10-21)25-14-16-26(17-15-25)20-8-11-22(24-18-20)23(28)27-12-4-2-3-5-13-27/h6-11,18H,2-5,12-17H2,1H3. The third-order valence-electron chi connectivity index (χ3n) is 5.94. The molecule has 3 heterocycles. The number of rotatable bonds is 4. The molecule has 6 nitrogen and oxygen atoms in total. The highest BCUT2D eigenvalue weighted by Gasteiger charge is 2.21. The molecule has 0 N–H and O–H groups in total. The van der Waals surface area contributed by atoms with Crippen LogP contribution in [0.3, 0.4) is 0 Å². The molecule has 1 amide bonds. The van der Waals surface area contributed by atoms with Gasteiger partial charge in [0.1, 0.15) is 11.4 Å². The third kappa shape index (κ3) is 4.63. The van der Waals surface area contributed by atoms with Crippen molar-refractivity contribution in [3.05, 3.63) is 48.3 Å². The Morgan fingerprint density at radius 2 is 1.38 bits per heavy atom. The Labute approximate surface area is 173 Å². The SMILES string of the molecule is COc1ccc(N2CCN(c3ccc(C(=O)N4CCCCCC4)nc3)CC2)cc1. The maximum absolute atomic E-state index is 12.7. The van der Waals surface area contributed by atoms with E-state index in [1.807, 2.05) is 35.4 Å². The van der Waals surface area contributed by atoms with E-state index in [-0.39, 0.29) is 5.91 Å². The van der Waals surface area contributed by atoms with Crippen LogP contribution in [0.2, 0.25) is 0 Å². The van der Waals surface area contributed by atoms with E-state index < -0.39 is 0 Å². The minimum Gasteiger partial charge on any atom is -0.497 e. The summed E-state index contributed by atoms with van der Waals surface area (Å²) in [6.07, 6.45) is 6.50. The summed E-state index contributed by atoms with van der Waals surface area (Å²) in [7, 11) is 1.69. The number of methoxy groups -OCH3 is 1. The van der Waals surface area contributed by atoms with Crippen LogP contribution in [-0.4, -0.2) is 62.2 Å². The van der Waals surface area contributed by atoms with Crippen LogP contribution in [0.4, 0.5) is 11.4 Å². The quantitative estimate of drug-likeness (QED) is 0.795. The van der Waals surface area contributed by atoms with Gasteiger partial charge in [0.25, 0.3) is 5.91 Å². The van der Waals surface area contributed by atoms with Gasteiger partial charge in [0, 0.05) is 45.0 Å². The number of carbonyl (C=O) groups excluding carboxylic acids is 1. The van der Waals surface area contributed by atoms with E-state index in [4.69, 9.17) is 4.74 Å². The van der Waals surface area contributed by atoms with Crippen molar-refractivity contribution in [2.24, 2.45) is 0 Å². The lowest BCUT2D eigenvalue weighted by Crippen LogP contribution is -2.46. The van der Waals surface area contributed by atoms with Gasteiger partial charge in [-0.1, -0.05) is 12.8 Å². The Bertz CT molecular complexity index is 791. The smallest absolute Gasteiger partial charge is 0.272 e. The predicted octanol–water partition coefficient (Wildman–Crippen LogP) is 3.43. The molecule has 2 aliphatic rings. The Hall–Kier alpha value is -2.76. The van der Waals surface area contributed by atoms with Crippen LogP contribution < -0.4 is 14.5 Å². The molecule has 2 aromatic rings. The van der Waals surface area contributed by atoms with Gasteiger partial charge in [-0.05, 0) is 49.2 Å². The molecule has 29 heavy (non-hydrogen) atoms. The molecule has 0 spiro atoms. The lowest BCUT2D eigenvalue weighted by Gasteiger charge is -2.37. The van der Waals surface area contributed by atoms with E-state index in [0.717, 1.165) is 63.5 Å². The summed E-state index contributed by atoms with van der Waals surface area (Å²) < 4.78 is 5.24. The molecule has 1 aromatic carbocycles. The van der Waals surface area contributed by atoms with E-state index in [1.165, 1.54) is 18.5 Å². The van der Waals surface area contributed by atoms with Gasteiger partial charge in [-0.25, -0.2) is 4.98 Å². The maximum Gasteiger partial charge on any atom is 0.272 e. The van der Waals surface area contributed by atoms with Crippen molar-refractivity contribution in [2.45, 2.75) is 25.7 Å². The van der Waals surface area contributed by atoms with E-state index in [2.05, 4.69) is 26.9 Å². The summed E-state index contributed by atoms with van der Waals surface area (Å²) in [6.45, 7) is 5.51. The fourth-order valence-electron chi connectivity index (χ4n) is 4.15. The highest BCUT2D eigenvalue weighted by molar-refractivity contribution is 5.92. The van der Waals surface area contributed by atoms with Crippen molar-refractivity contribution in [3.63, 3.8) is 0 Å². The van der Waals surface area contributed by atoms with Crippen molar-refractivity contribution in [3.8, 4) is 5.75 Å². The molecule has 2 saturated heterocycles. The van der Waals surface area contributed by atoms with Crippen molar-refractivity contribution < 1.29 is 9.53 Å². The number of carbonyl (C=O) groups is 1. The lowest BCUT2D eigenvalue weighted by atomic mass is 10.2. The Balaban J connectivity index is 1.34. The normalized spacial score (nSPS) is 17.8. The summed E-state index contributed by atoms with van der Waals surface area (Å²) in [6, 6.07) is 12.2. The molecule has 6 heteroatoms. The molecule has 0 atom stereocenters. The average molecular weight is 395 g/mol. The van der Waals surface area contributed by atoms with Gasteiger partial charge in [0.15, 0.2) is 0 Å². The number of piperazine rings is 1. The number of ether oxygens (including phenoxy) is 1. The van der Waals surface area contributed by atoms with Crippen LogP contribution in [0.15, 0.2) is 42.6 Å². The average Bonchev–Trinajstić information content (AvgIpc) is 3.09. The molecule has 2 aliphatic heterocycles. The zero-order valence-corrected chi connectivity index (χ0v) is 17.2. The van der Waals surface area contributed by atoms with Crippen LogP contribution in [0, 0.1) is 0 Å². The van der Waals surface area contributed by atoms with E-state index in [9.17, 15) is 4.79 Å². The van der Waals surface area contributed by atoms with Crippen LogP contribution in [-0.2, 0) is 0 Å². The second-order valence-electron chi connectivity index (χ2n) is 7.78. The van der Waals surface area contributed by atoms with Crippen LogP contribution >= 0.6 is 0 Å². The minimum atomic E-state index is 0.0720. The largest absolute Gasteiger partial charge is 0.497 e. The van der Waals surface area contributed by atoms with Gasteiger partial charge < -0.3 is 19.4 Å². The molecule has 1 aromatic heterocycles. The summed E-state index contributed by atoms with van der Waals surface area (Å²) >= 11 is 0. The van der Waals surface area contributed by atoms with Gasteiger partial charge in [0.2, 0.25) is 0 Å². The van der Waals surface area contributed by atoms with Crippen LogP contribution in [0.25, 0.3) is 0 Å². The highest BCUT2D eigenvalue weighted by atomic mass is 16.5. The second kappa shape index (κ2) is 9.16. The minimum absolute atomic E-state index is 0.0720. The highest BCUT2D eigenvalue weighted by Crippen LogP contribution is 2.23. The van der Waals surface area contributed by atoms with Gasteiger partial charge in [-0.2, -0.15) is 0 Å². The molecule has 0 saturated carbocycles. The second-order valence-corrected chi connectivity index (χ2v) is 7.78. The number of nitrogens with zero attached hydrogens (tertiary/aromatic N) is 4. The van der Waals surface area contributed by atoms with E-state index in [0.29, 0.717) is 5.69 Å². The third-order valence-corrected chi connectivity index (χ3v) is 5.94. The number of likely N-dealkylation sites (tertiary alicyclic amines) is 1. The van der Waals surface area contributed by atoms with Gasteiger partial charge >= 0.3 is 0 Å². The molecule has 0 radical (unpaired) electrons. The van der Waals surface area contributed by atoms with Gasteiger partial charge in [-0.15, -0.1) is 0 Å². The van der Waals surface area contributed by atoms with Crippen molar-refractivity contribution in [1.29, 1.82) is 0 Å². The van der Waals surface area contributed by atoms with Crippen molar-refractivity contribution in [2.75, 3.05) is 56.2 Å². The summed E-state index contributed by atoms with van der Waals surface area (Å²) in [5.41, 5.74) is 2.88. The lowest BCUT2D eigenvalue weighted by molar-refractivity contribution is 0.0756. The number of hydrogen-bond acceptors (Lipinski definition) is 5. The number of aromatic nitrogens is 1. The number of hydrogen-bond donors (Lipinski definition) is 0. The predicted molar refractivity (Wildman–Crippen MR) is 116 cm³/mol. The Morgan fingerprint density at radius 3 is 1.93 bits per heavy atom. The number of amides is 1. The first-order valence-electron chi connectivity index (χ1n) is 10.6. The topological polar surface area (TPSA) is 48.9 Å². The molecule has 0 bridgehead atoms. The van der Waals surface area contributed by atoms with Crippen LogP contribution in [0.1, 0.15) is 36.2 Å². The fourth-order valence-corrected chi connectivity index (χ4v) is 4.15. The van der Waals surface area contributed by atoms with Gasteiger partial charge in [-0.3, -0.25) is 4.79 Å². The monoisotopic (exact) mass is 394 g/mol. The van der Waals surface area contributed by atoms with Gasteiger partial charge in [0.05, 0.1) is 19.0 Å². The summed E-state index contributed by atoms with van der Waals surface area (Å²) in [5.74, 6) is 0.955. The number of anilines is 2. The Kier molecular flexibility index (Phi) is 6.17. The van der Waals surface area contributed by atoms with E-state index in [1.54, 1.807) is 7.11 Å². The number of pyridine rings is 1. The first-order valence-corrected chi connectivity index (χ1v) is 10.6. The summed E-state index contributed by atoms with van der Waals surface area (Å²) in [4.78, 5) is 23.9. The zero-order valence-electron chi connectivity index (χ0n) is 17.2. The molecular weight excluding hydrogens is 364 g/mol. The molecule has 2 fully saturated rings. The Morgan fingerprint density at radius 1 is 0.793 bits per heavy atom. The van der Waals surface area contributed by atoms with Crippen LogP contribution in [0.5, 0.6) is 5.75 Å². The molecule has 0 aliphatic carbocycles. The zero-order chi connectivity index (χ0) is 20.1. The molecule has 154 valence electrons. The summed E-state index contributed by atoms with van der Waals surface area (Å²) in [5, 5.41) is 0. The molecular formula is C23H30N4O2. The van der Waals surface area contributed by atoms with E-state index >= 15 is 0 Å².